The van der Waals surface area contributed by atoms with Crippen molar-refractivity contribution in [2.75, 3.05) is 10.6 Å². The summed E-state index contributed by atoms with van der Waals surface area (Å²) >= 11 is 1.06. The Morgan fingerprint density at radius 3 is 2.23 bits per heavy atom. The Morgan fingerprint density at radius 1 is 0.900 bits per heavy atom. The average Bonchev–Trinajstić information content (AvgIpc) is 2.71. The summed E-state index contributed by atoms with van der Waals surface area (Å²) in [6, 6.07) is 9.35. The van der Waals surface area contributed by atoms with E-state index in [1.165, 1.54) is 24.3 Å². The van der Waals surface area contributed by atoms with Gasteiger partial charge in [-0.15, -0.1) is 0 Å². The second kappa shape index (κ2) is 7.96. The van der Waals surface area contributed by atoms with Crippen molar-refractivity contribution in [2.24, 2.45) is 0 Å². The Morgan fingerprint density at radius 2 is 1.57 bits per heavy atom. The van der Waals surface area contributed by atoms with Crippen molar-refractivity contribution in [1.29, 1.82) is 0 Å². The summed E-state index contributed by atoms with van der Waals surface area (Å²) in [4.78, 5) is 12.9. The fourth-order valence-electron chi connectivity index (χ4n) is 2.92. The Bertz CT molecular complexity index is 1110. The molecule has 30 heavy (non-hydrogen) atoms. The second-order valence-electron chi connectivity index (χ2n) is 6.35. The van der Waals surface area contributed by atoms with Gasteiger partial charge in [-0.2, -0.15) is 0 Å². The number of fused-ring (bicyclic) bond motifs is 1. The van der Waals surface area contributed by atoms with Gasteiger partial charge >= 0.3 is 0 Å². The maximum atomic E-state index is 14.0. The molecule has 0 aliphatic carbocycles. The summed E-state index contributed by atoms with van der Waals surface area (Å²) in [6.45, 7) is 0. The van der Waals surface area contributed by atoms with Crippen molar-refractivity contribution in [3.05, 3.63) is 88.7 Å². The number of halogens is 5. The number of benzene rings is 3. The minimum Gasteiger partial charge on any atom is -0.364 e. The number of nitrogens with one attached hydrogen (secondary N) is 3. The van der Waals surface area contributed by atoms with Crippen LogP contribution < -0.4 is 15.4 Å². The molecule has 154 valence electrons. The molecule has 0 saturated carbocycles. The van der Waals surface area contributed by atoms with Crippen LogP contribution in [0.3, 0.4) is 0 Å². The molecule has 4 nitrogen and oxygen atoms in total. The molecular formula is C20H12F5N3OS. The van der Waals surface area contributed by atoms with Crippen LogP contribution in [0.25, 0.3) is 0 Å². The first-order valence-corrected chi connectivity index (χ1v) is 9.38. The smallest absolute Gasteiger partial charge is 0.255 e. The van der Waals surface area contributed by atoms with Gasteiger partial charge in [-0.25, -0.2) is 26.7 Å². The number of hydrogen-bond acceptors (Lipinski definition) is 4. The maximum Gasteiger partial charge on any atom is 0.255 e. The van der Waals surface area contributed by atoms with Crippen molar-refractivity contribution in [1.82, 2.24) is 4.72 Å². The van der Waals surface area contributed by atoms with Crippen LogP contribution in [-0.4, -0.2) is 5.91 Å². The van der Waals surface area contributed by atoms with E-state index in [0.717, 1.165) is 24.1 Å². The van der Waals surface area contributed by atoms with Crippen molar-refractivity contribution in [3.63, 3.8) is 0 Å². The van der Waals surface area contributed by atoms with Gasteiger partial charge in [0.25, 0.3) is 5.91 Å². The SMILES string of the molecule is O=C(Nc1cc(F)c(F)c(F)c1)c1ccc2c(c1)SNC(c1c(F)cccc1F)N2. The summed E-state index contributed by atoms with van der Waals surface area (Å²) < 4.78 is 70.5. The zero-order valence-corrected chi connectivity index (χ0v) is 15.7. The monoisotopic (exact) mass is 437 g/mol. The van der Waals surface area contributed by atoms with E-state index in [0.29, 0.717) is 22.7 Å². The lowest BCUT2D eigenvalue weighted by molar-refractivity contribution is 0.102. The molecular weight excluding hydrogens is 425 g/mol. The van der Waals surface area contributed by atoms with Gasteiger partial charge in [-0.3, -0.25) is 4.79 Å². The first-order valence-electron chi connectivity index (χ1n) is 8.56. The lowest BCUT2D eigenvalue weighted by Gasteiger charge is -2.28. The predicted molar refractivity (Wildman–Crippen MR) is 102 cm³/mol. The lowest BCUT2D eigenvalue weighted by atomic mass is 10.1. The summed E-state index contributed by atoms with van der Waals surface area (Å²) in [7, 11) is 0. The molecule has 1 aliphatic heterocycles. The predicted octanol–water partition coefficient (Wildman–Crippen LogP) is 5.36. The number of anilines is 2. The molecule has 4 rings (SSSR count). The molecule has 1 unspecified atom stereocenters. The van der Waals surface area contributed by atoms with Crippen LogP contribution in [-0.2, 0) is 0 Å². The normalized spacial score (nSPS) is 15.3. The van der Waals surface area contributed by atoms with Crippen LogP contribution in [0.5, 0.6) is 0 Å². The summed E-state index contributed by atoms with van der Waals surface area (Å²) in [5.74, 6) is -6.57. The van der Waals surface area contributed by atoms with Crippen LogP contribution in [0.1, 0.15) is 22.1 Å². The third-order valence-corrected chi connectivity index (χ3v) is 5.27. The fourth-order valence-corrected chi connectivity index (χ4v) is 3.77. The van der Waals surface area contributed by atoms with E-state index in [9.17, 15) is 26.7 Å². The van der Waals surface area contributed by atoms with E-state index in [1.54, 1.807) is 0 Å². The van der Waals surface area contributed by atoms with Gasteiger partial charge in [-0.1, -0.05) is 6.07 Å². The molecule has 0 saturated heterocycles. The van der Waals surface area contributed by atoms with Crippen LogP contribution in [0.2, 0.25) is 0 Å². The zero-order valence-electron chi connectivity index (χ0n) is 14.9. The van der Waals surface area contributed by atoms with E-state index in [1.807, 2.05) is 0 Å². The van der Waals surface area contributed by atoms with Gasteiger partial charge in [0.1, 0.15) is 17.8 Å². The zero-order chi connectivity index (χ0) is 21.4. The molecule has 3 N–H and O–H groups in total. The highest BCUT2D eigenvalue weighted by atomic mass is 32.2. The van der Waals surface area contributed by atoms with Crippen LogP contribution >= 0.6 is 11.9 Å². The van der Waals surface area contributed by atoms with Crippen LogP contribution in [0.15, 0.2) is 53.4 Å². The quantitative estimate of drug-likeness (QED) is 0.294. The van der Waals surface area contributed by atoms with Gasteiger partial charge in [0, 0.05) is 28.3 Å². The highest BCUT2D eigenvalue weighted by Gasteiger charge is 2.25. The Labute approximate surface area is 171 Å². The van der Waals surface area contributed by atoms with Crippen molar-refractivity contribution < 1.29 is 26.7 Å². The van der Waals surface area contributed by atoms with E-state index < -0.39 is 41.2 Å². The minimum absolute atomic E-state index is 0.158. The average molecular weight is 437 g/mol. The van der Waals surface area contributed by atoms with Gasteiger partial charge < -0.3 is 10.6 Å². The molecule has 3 aromatic carbocycles. The molecule has 0 bridgehead atoms. The highest BCUT2D eigenvalue weighted by molar-refractivity contribution is 7.97. The van der Waals surface area contributed by atoms with Crippen LogP contribution in [0, 0.1) is 29.1 Å². The van der Waals surface area contributed by atoms with Crippen molar-refractivity contribution in [3.8, 4) is 0 Å². The number of amides is 1. The molecule has 1 atom stereocenters. The highest BCUT2D eigenvalue weighted by Crippen LogP contribution is 2.36. The Hall–Kier alpha value is -3.11. The van der Waals surface area contributed by atoms with Crippen molar-refractivity contribution in [2.45, 2.75) is 11.1 Å². The van der Waals surface area contributed by atoms with Gasteiger partial charge in [0.15, 0.2) is 17.5 Å². The molecule has 1 amide bonds. The molecule has 0 fully saturated rings. The molecule has 1 aliphatic rings. The molecule has 10 heteroatoms. The maximum absolute atomic E-state index is 14.0. The fraction of sp³-hybridized carbons (Fsp3) is 0.0500. The molecule has 0 radical (unpaired) electrons. The number of carbonyl (C=O) groups is 1. The number of rotatable bonds is 3. The summed E-state index contributed by atoms with van der Waals surface area (Å²) in [5, 5.41) is 5.24. The standard InChI is InChI=1S/C20H12F5N3OS/c21-11-2-1-3-12(22)17(11)19-27-15-5-4-9(6-16(15)30-28-19)20(29)26-10-7-13(23)18(25)14(24)8-10/h1-8,19,27-28H,(H,26,29). The Kier molecular flexibility index (Phi) is 5.35. The summed E-state index contributed by atoms with van der Waals surface area (Å²) in [6.07, 6.45) is -0.839. The first-order chi connectivity index (χ1) is 14.3. The van der Waals surface area contributed by atoms with Crippen molar-refractivity contribution >= 4 is 29.2 Å². The van der Waals surface area contributed by atoms with Gasteiger partial charge in [0.2, 0.25) is 0 Å². The van der Waals surface area contributed by atoms with E-state index in [2.05, 4.69) is 15.4 Å². The second-order valence-corrected chi connectivity index (χ2v) is 7.23. The van der Waals surface area contributed by atoms with E-state index >= 15 is 0 Å². The van der Waals surface area contributed by atoms with Crippen LogP contribution in [0.4, 0.5) is 33.3 Å². The minimum atomic E-state index is -1.63. The number of hydrogen-bond donors (Lipinski definition) is 3. The molecule has 0 aromatic heterocycles. The van der Waals surface area contributed by atoms with Gasteiger partial charge in [-0.05, 0) is 42.3 Å². The summed E-state index contributed by atoms with van der Waals surface area (Å²) in [5.41, 5.74) is 0.276. The largest absolute Gasteiger partial charge is 0.364 e. The lowest BCUT2D eigenvalue weighted by Crippen LogP contribution is -2.28. The topological polar surface area (TPSA) is 53.2 Å². The molecule has 3 aromatic rings. The third kappa shape index (κ3) is 3.83. The first kappa shape index (κ1) is 20.2. The number of carbonyl (C=O) groups excluding carboxylic acids is 1. The molecule has 0 spiro atoms. The van der Waals surface area contributed by atoms with Gasteiger partial charge in [0.05, 0.1) is 11.3 Å². The Balaban J connectivity index is 1.53. The third-order valence-electron chi connectivity index (χ3n) is 4.36. The molecule has 1 heterocycles. The van der Waals surface area contributed by atoms with E-state index in [4.69, 9.17) is 0 Å². The van der Waals surface area contributed by atoms with E-state index in [-0.39, 0.29) is 16.8 Å².